The van der Waals surface area contributed by atoms with Crippen LogP contribution in [0.1, 0.15) is 6.42 Å². The standard InChI is InChI=1S/C9H18N2O4S/c1-15-5-7(9(13)14)11-8(12)6(10)3-4-16-2/h6-7H,3-5,10H2,1-2H3,(H,11,12)(H,13,14)/t6-,7?/m1/s1. The third-order valence-corrected chi connectivity index (χ3v) is 2.56. The number of hydrogen-bond donors (Lipinski definition) is 3. The number of methoxy groups -OCH3 is 1. The van der Waals surface area contributed by atoms with E-state index in [1.165, 1.54) is 7.11 Å². The van der Waals surface area contributed by atoms with E-state index in [0.29, 0.717) is 6.42 Å². The van der Waals surface area contributed by atoms with Crippen LogP contribution in [0.2, 0.25) is 0 Å². The van der Waals surface area contributed by atoms with Crippen molar-refractivity contribution in [3.05, 3.63) is 0 Å². The molecular weight excluding hydrogens is 232 g/mol. The van der Waals surface area contributed by atoms with Gasteiger partial charge >= 0.3 is 5.97 Å². The third kappa shape index (κ3) is 5.94. The van der Waals surface area contributed by atoms with Crippen LogP contribution >= 0.6 is 11.8 Å². The molecule has 0 spiro atoms. The number of carbonyl (C=O) groups excluding carboxylic acids is 1. The average molecular weight is 250 g/mol. The molecule has 0 bridgehead atoms. The number of hydrogen-bond acceptors (Lipinski definition) is 5. The SMILES string of the molecule is COCC(NC(=O)[C@H](N)CCSC)C(=O)O. The van der Waals surface area contributed by atoms with Gasteiger partial charge in [0.1, 0.15) is 0 Å². The van der Waals surface area contributed by atoms with Crippen molar-refractivity contribution >= 4 is 23.6 Å². The normalized spacial score (nSPS) is 14.2. The first-order valence-electron chi connectivity index (χ1n) is 4.79. The van der Waals surface area contributed by atoms with Gasteiger partial charge in [-0.25, -0.2) is 4.79 Å². The lowest BCUT2D eigenvalue weighted by molar-refractivity contribution is -0.143. The molecule has 1 amide bonds. The van der Waals surface area contributed by atoms with Crippen molar-refractivity contribution in [2.75, 3.05) is 25.7 Å². The van der Waals surface area contributed by atoms with Crippen LogP contribution in [-0.2, 0) is 14.3 Å². The van der Waals surface area contributed by atoms with Crippen molar-refractivity contribution in [2.24, 2.45) is 5.73 Å². The molecule has 0 heterocycles. The highest BCUT2D eigenvalue weighted by Gasteiger charge is 2.22. The molecule has 0 aromatic carbocycles. The quantitative estimate of drug-likeness (QED) is 0.525. The molecule has 0 aliphatic heterocycles. The van der Waals surface area contributed by atoms with Crippen molar-refractivity contribution < 1.29 is 19.4 Å². The van der Waals surface area contributed by atoms with Crippen LogP contribution < -0.4 is 11.1 Å². The summed E-state index contributed by atoms with van der Waals surface area (Å²) in [4.78, 5) is 22.2. The van der Waals surface area contributed by atoms with Crippen LogP contribution in [0.3, 0.4) is 0 Å². The van der Waals surface area contributed by atoms with E-state index in [1.54, 1.807) is 11.8 Å². The molecule has 0 rings (SSSR count). The fourth-order valence-electron chi connectivity index (χ4n) is 0.996. The summed E-state index contributed by atoms with van der Waals surface area (Å²) in [5.74, 6) is -0.831. The maximum absolute atomic E-state index is 11.5. The zero-order valence-corrected chi connectivity index (χ0v) is 10.3. The molecule has 0 aromatic rings. The van der Waals surface area contributed by atoms with Crippen LogP contribution in [0.4, 0.5) is 0 Å². The molecule has 7 heteroatoms. The van der Waals surface area contributed by atoms with E-state index in [4.69, 9.17) is 10.8 Å². The van der Waals surface area contributed by atoms with Crippen LogP contribution in [0.25, 0.3) is 0 Å². The molecule has 0 radical (unpaired) electrons. The first kappa shape index (κ1) is 15.2. The van der Waals surface area contributed by atoms with Gasteiger partial charge in [-0.15, -0.1) is 0 Å². The van der Waals surface area contributed by atoms with Crippen molar-refractivity contribution in [2.45, 2.75) is 18.5 Å². The Morgan fingerprint density at radius 3 is 2.62 bits per heavy atom. The summed E-state index contributed by atoms with van der Waals surface area (Å²) in [5, 5.41) is 11.1. The van der Waals surface area contributed by atoms with Gasteiger partial charge in [0.25, 0.3) is 0 Å². The summed E-state index contributed by atoms with van der Waals surface area (Å²) in [7, 11) is 1.37. The third-order valence-electron chi connectivity index (χ3n) is 1.92. The summed E-state index contributed by atoms with van der Waals surface area (Å²) in [6.07, 6.45) is 2.43. The van der Waals surface area contributed by atoms with E-state index in [-0.39, 0.29) is 6.61 Å². The molecule has 6 nitrogen and oxygen atoms in total. The number of carbonyl (C=O) groups is 2. The largest absolute Gasteiger partial charge is 0.480 e. The molecule has 1 unspecified atom stereocenters. The number of thioether (sulfide) groups is 1. The highest BCUT2D eigenvalue weighted by atomic mass is 32.2. The number of rotatable bonds is 8. The van der Waals surface area contributed by atoms with E-state index in [1.807, 2.05) is 6.26 Å². The molecule has 0 fully saturated rings. The number of nitrogens with one attached hydrogen (secondary N) is 1. The first-order chi connectivity index (χ1) is 7.52. The molecule has 0 saturated heterocycles. The second kappa shape index (κ2) is 8.37. The number of aliphatic carboxylic acids is 1. The fraction of sp³-hybridized carbons (Fsp3) is 0.778. The van der Waals surface area contributed by atoms with Crippen LogP contribution in [0, 0.1) is 0 Å². The van der Waals surface area contributed by atoms with E-state index in [9.17, 15) is 9.59 Å². The highest BCUT2D eigenvalue weighted by molar-refractivity contribution is 7.98. The van der Waals surface area contributed by atoms with Gasteiger partial charge in [0.2, 0.25) is 5.91 Å². The lowest BCUT2D eigenvalue weighted by atomic mass is 10.2. The predicted molar refractivity (Wildman–Crippen MR) is 62.4 cm³/mol. The van der Waals surface area contributed by atoms with E-state index in [0.717, 1.165) is 5.75 Å². The van der Waals surface area contributed by atoms with Crippen LogP contribution in [-0.4, -0.2) is 54.8 Å². The van der Waals surface area contributed by atoms with Crippen molar-refractivity contribution in [3.8, 4) is 0 Å². The van der Waals surface area contributed by atoms with E-state index < -0.39 is 24.0 Å². The maximum Gasteiger partial charge on any atom is 0.328 e. The number of carboxylic acid groups (broad SMARTS) is 1. The lowest BCUT2D eigenvalue weighted by Gasteiger charge is -2.16. The lowest BCUT2D eigenvalue weighted by Crippen LogP contribution is -2.50. The Morgan fingerprint density at radius 2 is 2.19 bits per heavy atom. The molecule has 4 N–H and O–H groups in total. The Balaban J connectivity index is 4.12. The van der Waals surface area contributed by atoms with Crippen LogP contribution in [0.15, 0.2) is 0 Å². The van der Waals surface area contributed by atoms with Crippen molar-refractivity contribution in [3.63, 3.8) is 0 Å². The Labute approximate surface area is 98.9 Å². The number of nitrogens with two attached hydrogens (primary N) is 1. The first-order valence-corrected chi connectivity index (χ1v) is 6.19. The molecule has 2 atom stereocenters. The monoisotopic (exact) mass is 250 g/mol. The zero-order valence-electron chi connectivity index (χ0n) is 9.43. The number of amides is 1. The smallest absolute Gasteiger partial charge is 0.328 e. The van der Waals surface area contributed by atoms with Gasteiger partial charge in [0.15, 0.2) is 6.04 Å². The van der Waals surface area contributed by atoms with Gasteiger partial charge in [0.05, 0.1) is 12.6 Å². The zero-order chi connectivity index (χ0) is 12.6. The van der Waals surface area contributed by atoms with E-state index >= 15 is 0 Å². The summed E-state index contributed by atoms with van der Waals surface area (Å²) < 4.78 is 4.69. The molecule has 0 aromatic heterocycles. The summed E-state index contributed by atoms with van der Waals surface area (Å²) in [5.41, 5.74) is 5.59. The summed E-state index contributed by atoms with van der Waals surface area (Å²) in [6, 6.07) is -1.72. The highest BCUT2D eigenvalue weighted by Crippen LogP contribution is 1.99. The molecule has 0 aliphatic rings. The van der Waals surface area contributed by atoms with Crippen molar-refractivity contribution in [1.29, 1.82) is 0 Å². The average Bonchev–Trinajstić information content (AvgIpc) is 2.24. The maximum atomic E-state index is 11.5. The van der Waals surface area contributed by atoms with Gasteiger partial charge in [-0.3, -0.25) is 4.79 Å². The fourth-order valence-corrected chi connectivity index (χ4v) is 1.49. The van der Waals surface area contributed by atoms with Crippen LogP contribution in [0.5, 0.6) is 0 Å². The topological polar surface area (TPSA) is 102 Å². The van der Waals surface area contributed by atoms with Gasteiger partial charge in [-0.2, -0.15) is 11.8 Å². The molecule has 16 heavy (non-hydrogen) atoms. The minimum atomic E-state index is -1.13. The Bertz CT molecular complexity index is 238. The van der Waals surface area contributed by atoms with Gasteiger partial charge < -0.3 is 20.9 Å². The second-order valence-corrected chi connectivity index (χ2v) is 4.23. The minimum Gasteiger partial charge on any atom is -0.480 e. The number of ether oxygens (including phenoxy) is 1. The molecular formula is C9H18N2O4S. The second-order valence-electron chi connectivity index (χ2n) is 3.24. The minimum absolute atomic E-state index is 0.0731. The van der Waals surface area contributed by atoms with Gasteiger partial charge in [0, 0.05) is 7.11 Å². The molecule has 0 aliphatic carbocycles. The Morgan fingerprint density at radius 1 is 1.56 bits per heavy atom. The number of carboxylic acids is 1. The van der Waals surface area contributed by atoms with Gasteiger partial charge in [-0.05, 0) is 18.4 Å². The molecule has 0 saturated carbocycles. The predicted octanol–water partition coefficient (Wildman–Crippen LogP) is -0.717. The molecule has 94 valence electrons. The van der Waals surface area contributed by atoms with Gasteiger partial charge in [-0.1, -0.05) is 0 Å². The Kier molecular flexibility index (Phi) is 7.96. The van der Waals surface area contributed by atoms with E-state index in [2.05, 4.69) is 10.1 Å². The summed E-state index contributed by atoms with van der Waals surface area (Å²) in [6.45, 7) is -0.0731. The van der Waals surface area contributed by atoms with Crippen molar-refractivity contribution in [1.82, 2.24) is 5.32 Å². The Hall–Kier alpha value is -0.790. The summed E-state index contributed by atoms with van der Waals surface area (Å²) >= 11 is 1.58.